The molecule has 134 valence electrons. The van der Waals surface area contributed by atoms with Crippen LogP contribution in [0.25, 0.3) is 11.1 Å². The van der Waals surface area contributed by atoms with Crippen LogP contribution in [0, 0.1) is 0 Å². The Labute approximate surface area is 161 Å². The minimum Gasteiger partial charge on any atom is -0.375 e. The predicted molar refractivity (Wildman–Crippen MR) is 105 cm³/mol. The van der Waals surface area contributed by atoms with Gasteiger partial charge < -0.3 is 10.4 Å². The number of aliphatic hydroxyl groups is 1. The average molecular weight is 378 g/mol. The lowest BCUT2D eigenvalue weighted by molar-refractivity contribution is -0.133. The van der Waals surface area contributed by atoms with Gasteiger partial charge in [-0.15, -0.1) is 0 Å². The predicted octanol–water partition coefficient (Wildman–Crippen LogP) is 4.42. The summed E-state index contributed by atoms with van der Waals surface area (Å²) in [6.45, 7) is 0. The van der Waals surface area contributed by atoms with Crippen molar-refractivity contribution in [2.75, 3.05) is 5.32 Å². The molecule has 0 saturated heterocycles. The van der Waals surface area contributed by atoms with Gasteiger partial charge in [-0.2, -0.15) is 0 Å². The van der Waals surface area contributed by atoms with E-state index in [4.69, 9.17) is 11.6 Å². The summed E-state index contributed by atoms with van der Waals surface area (Å²) in [6.07, 6.45) is -0.350. The zero-order valence-electron chi connectivity index (χ0n) is 14.3. The highest BCUT2D eigenvalue weighted by Crippen LogP contribution is 2.40. The first-order chi connectivity index (χ1) is 13.0. The van der Waals surface area contributed by atoms with Gasteiger partial charge in [0.05, 0.1) is 6.42 Å². The maximum atomic E-state index is 12.7. The van der Waals surface area contributed by atoms with Crippen molar-refractivity contribution in [3.8, 4) is 11.1 Å². The SMILES string of the molecule is O=C(C[C@@]1(O)C(=O)Nc2ccc(Cl)cc21)c1ccc(-c2ccccc2)cc1. The first-order valence-electron chi connectivity index (χ1n) is 8.50. The van der Waals surface area contributed by atoms with Crippen molar-refractivity contribution in [2.24, 2.45) is 0 Å². The number of halogens is 1. The summed E-state index contributed by atoms with van der Waals surface area (Å²) in [4.78, 5) is 25.0. The van der Waals surface area contributed by atoms with E-state index in [0.29, 0.717) is 21.8 Å². The number of benzene rings is 3. The van der Waals surface area contributed by atoms with E-state index < -0.39 is 11.5 Å². The molecule has 3 aromatic carbocycles. The minimum absolute atomic E-state index is 0.319. The fourth-order valence-corrected chi connectivity index (χ4v) is 3.48. The normalized spacial score (nSPS) is 18.1. The van der Waals surface area contributed by atoms with E-state index in [1.807, 2.05) is 42.5 Å². The Balaban J connectivity index is 1.59. The molecule has 4 nitrogen and oxygen atoms in total. The van der Waals surface area contributed by atoms with Gasteiger partial charge in [0.25, 0.3) is 5.91 Å². The highest BCUT2D eigenvalue weighted by Gasteiger charge is 2.46. The molecule has 0 radical (unpaired) electrons. The molecule has 1 aliphatic heterocycles. The number of ketones is 1. The maximum Gasteiger partial charge on any atom is 0.261 e. The fraction of sp³-hybridized carbons (Fsp3) is 0.0909. The number of amides is 1. The van der Waals surface area contributed by atoms with Crippen LogP contribution in [0.5, 0.6) is 0 Å². The molecule has 1 heterocycles. The van der Waals surface area contributed by atoms with Gasteiger partial charge in [-0.25, -0.2) is 0 Å². The number of hydrogen-bond acceptors (Lipinski definition) is 3. The molecule has 27 heavy (non-hydrogen) atoms. The summed E-state index contributed by atoms with van der Waals surface area (Å²) in [5, 5.41) is 13.9. The van der Waals surface area contributed by atoms with Gasteiger partial charge >= 0.3 is 0 Å². The topological polar surface area (TPSA) is 66.4 Å². The van der Waals surface area contributed by atoms with Gasteiger partial charge in [0.2, 0.25) is 0 Å². The molecule has 1 aliphatic rings. The maximum absolute atomic E-state index is 12.7. The summed E-state index contributed by atoms with van der Waals surface area (Å²) in [7, 11) is 0. The standard InChI is InChI=1S/C22H16ClNO3/c23-17-10-11-19-18(12-17)22(27,21(26)24-19)13-20(25)16-8-6-15(7-9-16)14-4-2-1-3-5-14/h1-12,27H,13H2,(H,24,26)/t22-/m0/s1. The molecule has 4 rings (SSSR count). The summed E-state index contributed by atoms with van der Waals surface area (Å²) < 4.78 is 0. The van der Waals surface area contributed by atoms with Gasteiger partial charge in [-0.3, -0.25) is 9.59 Å². The van der Waals surface area contributed by atoms with E-state index in [2.05, 4.69) is 5.32 Å². The molecule has 0 saturated carbocycles. The highest BCUT2D eigenvalue weighted by atomic mass is 35.5. The van der Waals surface area contributed by atoms with Gasteiger partial charge in [0.1, 0.15) is 0 Å². The zero-order chi connectivity index (χ0) is 19.0. The van der Waals surface area contributed by atoms with Crippen molar-refractivity contribution in [3.63, 3.8) is 0 Å². The smallest absolute Gasteiger partial charge is 0.261 e. The Hall–Kier alpha value is -2.95. The van der Waals surface area contributed by atoms with E-state index in [-0.39, 0.29) is 12.2 Å². The molecule has 0 aromatic heterocycles. The van der Waals surface area contributed by atoms with E-state index in [9.17, 15) is 14.7 Å². The lowest BCUT2D eigenvalue weighted by Gasteiger charge is -2.20. The van der Waals surface area contributed by atoms with E-state index in [0.717, 1.165) is 11.1 Å². The van der Waals surface area contributed by atoms with Crippen LogP contribution in [0.2, 0.25) is 5.02 Å². The third kappa shape index (κ3) is 3.14. The Morgan fingerprint density at radius 2 is 1.63 bits per heavy atom. The third-order valence-electron chi connectivity index (χ3n) is 4.78. The monoisotopic (exact) mass is 377 g/mol. The molecular weight excluding hydrogens is 362 g/mol. The number of carbonyl (C=O) groups excluding carboxylic acids is 2. The second kappa shape index (κ2) is 6.65. The quantitative estimate of drug-likeness (QED) is 0.661. The zero-order valence-corrected chi connectivity index (χ0v) is 15.0. The summed E-state index contributed by atoms with van der Waals surface area (Å²) >= 11 is 5.99. The molecule has 3 aromatic rings. The molecule has 0 unspecified atom stereocenters. The largest absolute Gasteiger partial charge is 0.375 e. The van der Waals surface area contributed by atoms with Crippen molar-refractivity contribution >= 4 is 29.0 Å². The number of fused-ring (bicyclic) bond motifs is 1. The van der Waals surface area contributed by atoms with Crippen molar-refractivity contribution < 1.29 is 14.7 Å². The number of nitrogens with one attached hydrogen (secondary N) is 1. The molecule has 1 atom stereocenters. The van der Waals surface area contributed by atoms with Crippen molar-refractivity contribution in [3.05, 3.63) is 88.9 Å². The Morgan fingerprint density at radius 1 is 0.963 bits per heavy atom. The van der Waals surface area contributed by atoms with Crippen LogP contribution in [-0.4, -0.2) is 16.8 Å². The molecule has 0 fully saturated rings. The molecule has 0 spiro atoms. The summed E-state index contributed by atoms with van der Waals surface area (Å²) in [5.74, 6) is -0.936. The number of anilines is 1. The molecular formula is C22H16ClNO3. The molecule has 0 aliphatic carbocycles. The molecule has 2 N–H and O–H groups in total. The van der Waals surface area contributed by atoms with Crippen LogP contribution < -0.4 is 5.32 Å². The first kappa shape index (κ1) is 17.5. The van der Waals surface area contributed by atoms with Crippen LogP contribution in [0.4, 0.5) is 5.69 Å². The van der Waals surface area contributed by atoms with E-state index in [1.165, 1.54) is 6.07 Å². The second-order valence-corrected chi connectivity index (χ2v) is 6.98. The fourth-order valence-electron chi connectivity index (χ4n) is 3.30. The van der Waals surface area contributed by atoms with E-state index >= 15 is 0 Å². The Bertz CT molecular complexity index is 1030. The summed E-state index contributed by atoms with van der Waals surface area (Å²) in [6, 6.07) is 21.7. The van der Waals surface area contributed by atoms with Gasteiger partial charge in [0.15, 0.2) is 11.4 Å². The second-order valence-electron chi connectivity index (χ2n) is 6.55. The van der Waals surface area contributed by atoms with Crippen LogP contribution in [0.3, 0.4) is 0 Å². The van der Waals surface area contributed by atoms with Gasteiger partial charge in [-0.1, -0.05) is 66.2 Å². The van der Waals surface area contributed by atoms with Crippen molar-refractivity contribution in [1.29, 1.82) is 0 Å². The number of Topliss-reactive ketones (excluding diaryl/α,β-unsaturated/α-hetero) is 1. The average Bonchev–Trinajstić information content (AvgIpc) is 2.93. The molecule has 0 bridgehead atoms. The van der Waals surface area contributed by atoms with Crippen LogP contribution in [-0.2, 0) is 10.4 Å². The van der Waals surface area contributed by atoms with Crippen LogP contribution in [0.15, 0.2) is 72.8 Å². The minimum atomic E-state index is -1.92. The van der Waals surface area contributed by atoms with E-state index in [1.54, 1.807) is 24.3 Å². The number of rotatable bonds is 4. The van der Waals surface area contributed by atoms with Crippen LogP contribution in [0.1, 0.15) is 22.3 Å². The molecule has 1 amide bonds. The Morgan fingerprint density at radius 3 is 2.33 bits per heavy atom. The van der Waals surface area contributed by atoms with Crippen molar-refractivity contribution in [1.82, 2.24) is 0 Å². The molecule has 5 heteroatoms. The van der Waals surface area contributed by atoms with Gasteiger partial charge in [-0.05, 0) is 29.3 Å². The lowest BCUT2D eigenvalue weighted by atomic mass is 9.88. The first-order valence-corrected chi connectivity index (χ1v) is 8.88. The number of hydrogen-bond donors (Lipinski definition) is 2. The van der Waals surface area contributed by atoms with Crippen LogP contribution >= 0.6 is 11.6 Å². The Kier molecular flexibility index (Phi) is 4.30. The number of carbonyl (C=O) groups is 2. The van der Waals surface area contributed by atoms with Gasteiger partial charge in [0, 0.05) is 21.8 Å². The highest BCUT2D eigenvalue weighted by molar-refractivity contribution is 6.31. The summed E-state index contributed by atoms with van der Waals surface area (Å²) in [5.41, 5.74) is 1.35. The lowest BCUT2D eigenvalue weighted by Crippen LogP contribution is -2.36. The third-order valence-corrected chi connectivity index (χ3v) is 5.02. The van der Waals surface area contributed by atoms with Crippen molar-refractivity contribution in [2.45, 2.75) is 12.0 Å².